The molecule has 1 aliphatic carbocycles. The molecule has 0 amide bonds. The topological polar surface area (TPSA) is 67.2 Å². The molecule has 0 radical (unpaired) electrons. The van der Waals surface area contributed by atoms with Gasteiger partial charge in [-0.05, 0) is 49.9 Å². The fraction of sp³-hybridized carbons (Fsp3) is 0.400. The highest BCUT2D eigenvalue weighted by atomic mass is 16.5. The first-order chi connectivity index (χ1) is 9.22. The number of carbonyl (C=O) groups excluding carboxylic acids is 2. The van der Waals surface area contributed by atoms with Crippen molar-refractivity contribution in [2.75, 3.05) is 0 Å². The maximum atomic E-state index is 11.9. The molecule has 0 atom stereocenters. The van der Waals surface area contributed by atoms with Crippen LogP contribution in [0.25, 0.3) is 0 Å². The summed E-state index contributed by atoms with van der Waals surface area (Å²) in [6.45, 7) is 0. The van der Waals surface area contributed by atoms with Gasteiger partial charge in [-0.1, -0.05) is 0 Å². The van der Waals surface area contributed by atoms with Gasteiger partial charge in [-0.2, -0.15) is 5.26 Å². The van der Waals surface area contributed by atoms with E-state index in [1.54, 1.807) is 24.3 Å². The number of hydrogen-bond acceptors (Lipinski definition) is 4. The van der Waals surface area contributed by atoms with Crippen molar-refractivity contribution in [2.45, 2.75) is 31.8 Å². The van der Waals surface area contributed by atoms with Gasteiger partial charge in [0.15, 0.2) is 0 Å². The van der Waals surface area contributed by atoms with Crippen LogP contribution in [0.15, 0.2) is 24.3 Å². The predicted molar refractivity (Wildman–Crippen MR) is 68.4 cm³/mol. The Bertz CT molecular complexity index is 493. The van der Waals surface area contributed by atoms with Crippen LogP contribution in [0.3, 0.4) is 0 Å². The van der Waals surface area contributed by atoms with Gasteiger partial charge < -0.3 is 9.53 Å². The van der Waals surface area contributed by atoms with E-state index in [9.17, 15) is 9.59 Å². The van der Waals surface area contributed by atoms with Crippen molar-refractivity contribution in [3.05, 3.63) is 35.4 Å². The van der Waals surface area contributed by atoms with Gasteiger partial charge in [0.2, 0.25) is 0 Å². The van der Waals surface area contributed by atoms with E-state index in [-0.39, 0.29) is 18.0 Å². The van der Waals surface area contributed by atoms with Crippen LogP contribution >= 0.6 is 0 Å². The second-order valence-electron chi connectivity index (χ2n) is 4.77. The highest BCUT2D eigenvalue weighted by Gasteiger charge is 2.23. The SMILES string of the molecule is N#Cc1ccc(C(=O)OC2CCC(C=O)CC2)cc1. The van der Waals surface area contributed by atoms with E-state index in [0.29, 0.717) is 11.1 Å². The van der Waals surface area contributed by atoms with Gasteiger partial charge in [0.25, 0.3) is 0 Å². The van der Waals surface area contributed by atoms with E-state index in [1.807, 2.05) is 6.07 Å². The number of nitrogens with zero attached hydrogens (tertiary/aromatic N) is 1. The van der Waals surface area contributed by atoms with Crippen molar-refractivity contribution >= 4 is 12.3 Å². The van der Waals surface area contributed by atoms with E-state index in [4.69, 9.17) is 10.00 Å². The molecule has 19 heavy (non-hydrogen) atoms. The second-order valence-corrected chi connectivity index (χ2v) is 4.77. The molecule has 4 nitrogen and oxygen atoms in total. The first-order valence-electron chi connectivity index (χ1n) is 6.39. The van der Waals surface area contributed by atoms with Crippen LogP contribution in [0, 0.1) is 17.2 Å². The molecule has 0 heterocycles. The van der Waals surface area contributed by atoms with Gasteiger partial charge in [-0.15, -0.1) is 0 Å². The third-order valence-electron chi connectivity index (χ3n) is 3.43. The standard InChI is InChI=1S/C15H15NO3/c16-9-11-1-5-13(6-2-11)15(18)19-14-7-3-12(10-17)4-8-14/h1-2,5-6,10,12,14H,3-4,7-8H2. The van der Waals surface area contributed by atoms with Gasteiger partial charge in [-0.3, -0.25) is 0 Å². The lowest BCUT2D eigenvalue weighted by Gasteiger charge is -2.25. The van der Waals surface area contributed by atoms with Crippen LogP contribution in [0.1, 0.15) is 41.6 Å². The van der Waals surface area contributed by atoms with Crippen LogP contribution in [0.5, 0.6) is 0 Å². The normalized spacial score (nSPS) is 22.3. The van der Waals surface area contributed by atoms with E-state index in [2.05, 4.69) is 0 Å². The molecule has 0 saturated heterocycles. The number of aldehydes is 1. The summed E-state index contributed by atoms with van der Waals surface area (Å²) in [6.07, 6.45) is 3.94. The highest BCUT2D eigenvalue weighted by molar-refractivity contribution is 5.89. The van der Waals surface area contributed by atoms with Crippen molar-refractivity contribution in [3.8, 4) is 6.07 Å². The zero-order valence-corrected chi connectivity index (χ0v) is 10.5. The van der Waals surface area contributed by atoms with Crippen molar-refractivity contribution in [1.82, 2.24) is 0 Å². The first-order valence-corrected chi connectivity index (χ1v) is 6.39. The Morgan fingerprint density at radius 1 is 1.21 bits per heavy atom. The fourth-order valence-corrected chi connectivity index (χ4v) is 2.24. The smallest absolute Gasteiger partial charge is 0.338 e. The lowest BCUT2D eigenvalue weighted by Crippen LogP contribution is -2.25. The number of esters is 1. The summed E-state index contributed by atoms with van der Waals surface area (Å²) in [6, 6.07) is 8.39. The summed E-state index contributed by atoms with van der Waals surface area (Å²) in [5, 5.41) is 8.68. The highest BCUT2D eigenvalue weighted by Crippen LogP contribution is 2.25. The molecule has 1 aromatic carbocycles. The van der Waals surface area contributed by atoms with Gasteiger partial charge >= 0.3 is 5.97 Å². The second kappa shape index (κ2) is 6.14. The van der Waals surface area contributed by atoms with Crippen molar-refractivity contribution < 1.29 is 14.3 Å². The average molecular weight is 257 g/mol. The van der Waals surface area contributed by atoms with E-state index >= 15 is 0 Å². The minimum Gasteiger partial charge on any atom is -0.459 e. The number of hydrogen-bond donors (Lipinski definition) is 0. The van der Waals surface area contributed by atoms with Gasteiger partial charge in [0.1, 0.15) is 12.4 Å². The van der Waals surface area contributed by atoms with Gasteiger partial charge in [0.05, 0.1) is 17.2 Å². The zero-order valence-electron chi connectivity index (χ0n) is 10.5. The Balaban J connectivity index is 1.90. The summed E-state index contributed by atoms with van der Waals surface area (Å²) in [5.41, 5.74) is 0.972. The molecule has 0 aromatic heterocycles. The largest absolute Gasteiger partial charge is 0.459 e. The molecule has 1 aliphatic rings. The monoisotopic (exact) mass is 257 g/mol. The maximum Gasteiger partial charge on any atom is 0.338 e. The Morgan fingerprint density at radius 2 is 1.84 bits per heavy atom. The molecule has 0 unspecified atom stereocenters. The fourth-order valence-electron chi connectivity index (χ4n) is 2.24. The Kier molecular flexibility index (Phi) is 4.30. The molecule has 98 valence electrons. The molecule has 4 heteroatoms. The first kappa shape index (κ1) is 13.3. The summed E-state index contributed by atoms with van der Waals surface area (Å²) in [5.74, 6) is -0.246. The quantitative estimate of drug-likeness (QED) is 0.616. The molecular weight excluding hydrogens is 242 g/mol. The molecule has 1 saturated carbocycles. The summed E-state index contributed by atoms with van der Waals surface area (Å²) in [4.78, 5) is 22.5. The Labute approximate surface area is 112 Å². The molecule has 0 N–H and O–H groups in total. The minimum atomic E-state index is -0.362. The third kappa shape index (κ3) is 3.41. The molecule has 0 aliphatic heterocycles. The number of rotatable bonds is 3. The van der Waals surface area contributed by atoms with Crippen molar-refractivity contribution in [1.29, 1.82) is 5.26 Å². The molecule has 1 fully saturated rings. The van der Waals surface area contributed by atoms with Crippen molar-refractivity contribution in [3.63, 3.8) is 0 Å². The van der Waals surface area contributed by atoms with E-state index in [1.165, 1.54) is 0 Å². The number of nitriles is 1. The zero-order chi connectivity index (χ0) is 13.7. The van der Waals surface area contributed by atoms with Gasteiger partial charge in [0, 0.05) is 5.92 Å². The van der Waals surface area contributed by atoms with E-state index in [0.717, 1.165) is 32.0 Å². The number of ether oxygens (including phenoxy) is 1. The van der Waals surface area contributed by atoms with E-state index < -0.39 is 0 Å². The molecular formula is C15H15NO3. The van der Waals surface area contributed by atoms with Crippen LogP contribution in [-0.2, 0) is 9.53 Å². The molecule has 2 rings (SSSR count). The molecule has 0 bridgehead atoms. The predicted octanol–water partition coefficient (Wildman–Crippen LogP) is 2.47. The van der Waals surface area contributed by atoms with Crippen LogP contribution in [0.4, 0.5) is 0 Å². The summed E-state index contributed by atoms with van der Waals surface area (Å²) >= 11 is 0. The molecule has 1 aromatic rings. The van der Waals surface area contributed by atoms with Crippen LogP contribution < -0.4 is 0 Å². The summed E-state index contributed by atoms with van der Waals surface area (Å²) in [7, 11) is 0. The Hall–Kier alpha value is -2.15. The number of carbonyl (C=O) groups is 2. The summed E-state index contributed by atoms with van der Waals surface area (Å²) < 4.78 is 5.41. The Morgan fingerprint density at radius 3 is 2.37 bits per heavy atom. The average Bonchev–Trinajstić information content (AvgIpc) is 2.48. The number of benzene rings is 1. The third-order valence-corrected chi connectivity index (χ3v) is 3.43. The lowest BCUT2D eigenvalue weighted by atomic mass is 9.88. The van der Waals surface area contributed by atoms with Crippen LogP contribution in [0.2, 0.25) is 0 Å². The minimum absolute atomic E-state index is 0.0978. The lowest BCUT2D eigenvalue weighted by molar-refractivity contribution is -0.112. The molecule has 0 spiro atoms. The van der Waals surface area contributed by atoms with Crippen molar-refractivity contribution in [2.24, 2.45) is 5.92 Å². The maximum absolute atomic E-state index is 11.9. The van der Waals surface area contributed by atoms with Crippen LogP contribution in [-0.4, -0.2) is 18.4 Å². The van der Waals surface area contributed by atoms with Gasteiger partial charge in [-0.25, -0.2) is 4.79 Å².